The zero-order valence-corrected chi connectivity index (χ0v) is 13.2. The monoisotopic (exact) mass is 309 g/mol. The molecule has 0 saturated heterocycles. The average molecular weight is 310 g/mol. The molecule has 1 unspecified atom stereocenters. The van der Waals surface area contributed by atoms with Crippen LogP contribution in [0.3, 0.4) is 0 Å². The zero-order valence-electron chi connectivity index (χ0n) is 11.6. The molecule has 8 heteroatoms. The van der Waals surface area contributed by atoms with Crippen molar-refractivity contribution in [2.45, 2.75) is 38.9 Å². The number of nitrogens with zero attached hydrogens (tertiary/aromatic N) is 3. The van der Waals surface area contributed by atoms with Crippen LogP contribution in [0.15, 0.2) is 5.16 Å². The fourth-order valence-corrected chi connectivity index (χ4v) is 2.78. The molecule has 0 aliphatic heterocycles. The van der Waals surface area contributed by atoms with Crippen LogP contribution in [-0.2, 0) is 26.8 Å². The summed E-state index contributed by atoms with van der Waals surface area (Å²) in [5, 5.41) is 7.48. The van der Waals surface area contributed by atoms with E-state index in [0.717, 1.165) is 0 Å². The van der Waals surface area contributed by atoms with Crippen molar-refractivity contribution in [1.29, 1.82) is 0 Å². The van der Waals surface area contributed by atoms with E-state index in [1.54, 1.807) is 11.7 Å². The first-order valence-corrected chi connectivity index (χ1v) is 8.42. The predicted molar refractivity (Wildman–Crippen MR) is 72.6 cm³/mol. The second kappa shape index (κ2) is 6.67. The van der Waals surface area contributed by atoms with Crippen molar-refractivity contribution in [3.63, 3.8) is 0 Å². The average Bonchev–Trinajstić information content (AvgIpc) is 2.60. The van der Waals surface area contributed by atoms with E-state index in [1.807, 2.05) is 20.8 Å². The van der Waals surface area contributed by atoms with Crippen molar-refractivity contribution in [3.8, 4) is 0 Å². The minimum Gasteiger partial charge on any atom is -0.384 e. The molecule has 110 valence electrons. The molecule has 0 aliphatic carbocycles. The number of aromatic nitrogens is 3. The largest absolute Gasteiger partial charge is 0.384 e. The number of hydrogen-bond donors (Lipinski definition) is 0. The highest BCUT2D eigenvalue weighted by Crippen LogP contribution is 2.18. The first-order valence-electron chi connectivity index (χ1n) is 6.11. The van der Waals surface area contributed by atoms with Gasteiger partial charge in [0.05, 0.1) is 0 Å². The van der Waals surface area contributed by atoms with E-state index in [2.05, 4.69) is 10.2 Å². The highest BCUT2D eigenvalue weighted by atomic mass is 35.7. The van der Waals surface area contributed by atoms with E-state index in [-0.39, 0.29) is 17.0 Å². The van der Waals surface area contributed by atoms with Crippen LogP contribution in [0, 0.1) is 11.8 Å². The molecule has 0 aromatic carbocycles. The molecule has 1 heterocycles. The van der Waals surface area contributed by atoms with Crippen molar-refractivity contribution in [1.82, 2.24) is 14.8 Å². The Bertz CT molecular complexity index is 513. The molecule has 6 nitrogen and oxygen atoms in total. The van der Waals surface area contributed by atoms with Crippen molar-refractivity contribution >= 4 is 19.7 Å². The van der Waals surface area contributed by atoms with Gasteiger partial charge in [-0.1, -0.05) is 20.8 Å². The summed E-state index contributed by atoms with van der Waals surface area (Å²) in [6.45, 7) is 7.09. The Morgan fingerprint density at radius 2 is 1.95 bits per heavy atom. The SMILES string of the molecule is COCC(C)Cc1nnc(S(=O)(=O)Cl)n1CC(C)C. The number of ether oxygens (including phenoxy) is 1. The summed E-state index contributed by atoms with van der Waals surface area (Å²) in [5.41, 5.74) is 0. The molecule has 1 aromatic heterocycles. The lowest BCUT2D eigenvalue weighted by molar-refractivity contribution is 0.158. The van der Waals surface area contributed by atoms with Crippen LogP contribution in [0.4, 0.5) is 0 Å². The van der Waals surface area contributed by atoms with E-state index in [4.69, 9.17) is 15.4 Å². The molecule has 19 heavy (non-hydrogen) atoms. The van der Waals surface area contributed by atoms with E-state index in [1.165, 1.54) is 0 Å². The third-order valence-corrected chi connectivity index (χ3v) is 3.69. The van der Waals surface area contributed by atoms with Crippen LogP contribution in [-0.4, -0.2) is 36.9 Å². The van der Waals surface area contributed by atoms with Gasteiger partial charge in [0.2, 0.25) is 0 Å². The van der Waals surface area contributed by atoms with E-state index >= 15 is 0 Å². The van der Waals surface area contributed by atoms with Gasteiger partial charge < -0.3 is 9.30 Å². The standard InChI is InChI=1S/C11H20ClN3O3S/c1-8(2)6-15-10(5-9(3)7-18-4)13-14-11(15)19(12,16)17/h8-9H,5-7H2,1-4H3. The maximum atomic E-state index is 11.5. The molecule has 1 aromatic rings. The van der Waals surface area contributed by atoms with Gasteiger partial charge in [-0.25, -0.2) is 8.42 Å². The Kier molecular flexibility index (Phi) is 5.76. The fraction of sp³-hybridized carbons (Fsp3) is 0.818. The maximum Gasteiger partial charge on any atom is 0.296 e. The quantitative estimate of drug-likeness (QED) is 0.717. The van der Waals surface area contributed by atoms with Gasteiger partial charge in [0.15, 0.2) is 0 Å². The lowest BCUT2D eigenvalue weighted by Gasteiger charge is -2.14. The third kappa shape index (κ3) is 4.74. The van der Waals surface area contributed by atoms with Crippen LogP contribution in [0.5, 0.6) is 0 Å². The van der Waals surface area contributed by atoms with E-state index < -0.39 is 9.05 Å². The summed E-state index contributed by atoms with van der Waals surface area (Å²) in [6, 6.07) is 0. The van der Waals surface area contributed by atoms with Gasteiger partial charge in [0.1, 0.15) is 5.82 Å². The van der Waals surface area contributed by atoms with Crippen molar-refractivity contribution < 1.29 is 13.2 Å². The first-order chi connectivity index (χ1) is 8.75. The van der Waals surface area contributed by atoms with Gasteiger partial charge in [-0.15, -0.1) is 10.2 Å². The first kappa shape index (κ1) is 16.4. The summed E-state index contributed by atoms with van der Waals surface area (Å²) >= 11 is 0. The predicted octanol–water partition coefficient (Wildman–Crippen LogP) is 1.69. The highest BCUT2D eigenvalue weighted by Gasteiger charge is 2.23. The molecule has 1 atom stereocenters. The Hall–Kier alpha value is -0.660. The lowest BCUT2D eigenvalue weighted by atomic mass is 10.1. The molecule has 0 N–H and O–H groups in total. The van der Waals surface area contributed by atoms with Crippen molar-refractivity contribution in [2.24, 2.45) is 11.8 Å². The van der Waals surface area contributed by atoms with Crippen LogP contribution in [0.25, 0.3) is 0 Å². The number of rotatable bonds is 7. The number of methoxy groups -OCH3 is 1. The van der Waals surface area contributed by atoms with Crippen LogP contribution in [0.1, 0.15) is 26.6 Å². The molecular formula is C11H20ClN3O3S. The summed E-state index contributed by atoms with van der Waals surface area (Å²) in [7, 11) is 3.14. The van der Waals surface area contributed by atoms with Crippen LogP contribution in [0.2, 0.25) is 0 Å². The number of halogens is 1. The zero-order chi connectivity index (χ0) is 14.6. The minimum absolute atomic E-state index is 0.178. The fourth-order valence-electron chi connectivity index (χ4n) is 1.85. The van der Waals surface area contributed by atoms with E-state index in [0.29, 0.717) is 25.4 Å². The minimum atomic E-state index is -3.88. The van der Waals surface area contributed by atoms with Crippen LogP contribution >= 0.6 is 10.7 Å². The van der Waals surface area contributed by atoms with Gasteiger partial charge in [-0.2, -0.15) is 0 Å². The third-order valence-electron chi connectivity index (χ3n) is 2.54. The summed E-state index contributed by atoms with van der Waals surface area (Å²) < 4.78 is 29.6. The normalized spacial score (nSPS) is 14.0. The van der Waals surface area contributed by atoms with Gasteiger partial charge in [0.25, 0.3) is 14.2 Å². The lowest BCUT2D eigenvalue weighted by Crippen LogP contribution is -2.16. The molecule has 1 rings (SSSR count). The van der Waals surface area contributed by atoms with Gasteiger partial charge in [0, 0.05) is 37.4 Å². The Balaban J connectivity index is 3.08. The van der Waals surface area contributed by atoms with Crippen molar-refractivity contribution in [2.75, 3.05) is 13.7 Å². The Morgan fingerprint density at radius 3 is 2.42 bits per heavy atom. The molecule has 0 spiro atoms. The Labute approximate surface area is 118 Å². The molecule has 0 radical (unpaired) electrons. The van der Waals surface area contributed by atoms with E-state index in [9.17, 15) is 8.42 Å². The molecule has 0 fully saturated rings. The Morgan fingerprint density at radius 1 is 1.32 bits per heavy atom. The molecule has 0 saturated carbocycles. The summed E-state index contributed by atoms with van der Waals surface area (Å²) in [4.78, 5) is 0. The number of hydrogen-bond acceptors (Lipinski definition) is 5. The molecule has 0 bridgehead atoms. The van der Waals surface area contributed by atoms with Crippen LogP contribution < -0.4 is 0 Å². The molecule has 0 aliphatic rings. The van der Waals surface area contributed by atoms with Gasteiger partial charge in [-0.05, 0) is 11.8 Å². The second-order valence-electron chi connectivity index (χ2n) is 5.11. The van der Waals surface area contributed by atoms with Crippen molar-refractivity contribution in [3.05, 3.63) is 5.82 Å². The maximum absolute atomic E-state index is 11.5. The smallest absolute Gasteiger partial charge is 0.296 e. The van der Waals surface area contributed by atoms with Gasteiger partial charge >= 0.3 is 0 Å². The topological polar surface area (TPSA) is 74.1 Å². The summed E-state index contributed by atoms with van der Waals surface area (Å²) in [5.74, 6) is 1.12. The van der Waals surface area contributed by atoms with Gasteiger partial charge in [-0.3, -0.25) is 0 Å². The molecule has 0 amide bonds. The summed E-state index contributed by atoms with van der Waals surface area (Å²) in [6.07, 6.45) is 0.597. The highest BCUT2D eigenvalue weighted by molar-refractivity contribution is 8.13. The second-order valence-corrected chi connectivity index (χ2v) is 7.57. The molecular weight excluding hydrogens is 290 g/mol.